The molecular formula is C9H7BrN4O2. The summed E-state index contributed by atoms with van der Waals surface area (Å²) >= 11 is 3.23. The van der Waals surface area contributed by atoms with Crippen molar-refractivity contribution < 1.29 is 9.90 Å². The first-order valence-corrected chi connectivity index (χ1v) is 5.07. The van der Waals surface area contributed by atoms with Gasteiger partial charge in [0.05, 0.1) is 16.4 Å². The minimum Gasteiger partial charge on any atom is -0.477 e. The van der Waals surface area contributed by atoms with Crippen LogP contribution in [0.25, 0.3) is 5.82 Å². The van der Waals surface area contributed by atoms with E-state index in [1.165, 1.54) is 16.8 Å². The van der Waals surface area contributed by atoms with Crippen molar-refractivity contribution in [3.63, 3.8) is 0 Å². The lowest BCUT2D eigenvalue weighted by Gasteiger charge is -2.04. The number of hydrogen-bond donors (Lipinski definition) is 2. The topological polar surface area (TPSA) is 94.0 Å². The van der Waals surface area contributed by atoms with Gasteiger partial charge < -0.3 is 10.8 Å². The molecule has 2 aromatic rings. The third kappa shape index (κ3) is 1.89. The lowest BCUT2D eigenvalue weighted by Crippen LogP contribution is -2.08. The van der Waals surface area contributed by atoms with Crippen molar-refractivity contribution in [1.82, 2.24) is 14.8 Å². The average Bonchev–Trinajstić information content (AvgIpc) is 2.65. The van der Waals surface area contributed by atoms with Crippen molar-refractivity contribution in [3.8, 4) is 5.82 Å². The van der Waals surface area contributed by atoms with Crippen LogP contribution in [0, 0.1) is 0 Å². The molecule has 0 bridgehead atoms. The number of carbonyl (C=O) groups is 1. The number of nitrogens with zero attached hydrogens (tertiary/aromatic N) is 3. The monoisotopic (exact) mass is 282 g/mol. The van der Waals surface area contributed by atoms with E-state index in [0.29, 0.717) is 11.5 Å². The van der Waals surface area contributed by atoms with E-state index in [1.54, 1.807) is 12.4 Å². The summed E-state index contributed by atoms with van der Waals surface area (Å²) in [4.78, 5) is 14.7. The van der Waals surface area contributed by atoms with E-state index in [2.05, 4.69) is 26.0 Å². The molecule has 2 aromatic heterocycles. The fourth-order valence-corrected chi connectivity index (χ4v) is 1.46. The largest absolute Gasteiger partial charge is 0.477 e. The number of anilines is 1. The summed E-state index contributed by atoms with van der Waals surface area (Å²) in [5.74, 6) is -0.807. The van der Waals surface area contributed by atoms with Crippen molar-refractivity contribution >= 4 is 27.6 Å². The van der Waals surface area contributed by atoms with Crippen LogP contribution in [0.2, 0.25) is 0 Å². The normalized spacial score (nSPS) is 10.3. The Labute approximate surface area is 98.8 Å². The van der Waals surface area contributed by atoms with Crippen LogP contribution >= 0.6 is 15.9 Å². The molecule has 0 radical (unpaired) electrons. The Morgan fingerprint density at radius 1 is 1.50 bits per heavy atom. The number of halogens is 1. The van der Waals surface area contributed by atoms with Crippen molar-refractivity contribution in [1.29, 1.82) is 0 Å². The number of carboxylic acid groups (broad SMARTS) is 1. The third-order valence-electron chi connectivity index (χ3n) is 1.89. The van der Waals surface area contributed by atoms with E-state index in [4.69, 9.17) is 10.8 Å². The highest BCUT2D eigenvalue weighted by Gasteiger charge is 2.10. The number of nitrogens with two attached hydrogens (primary N) is 1. The van der Waals surface area contributed by atoms with E-state index in [1.807, 2.05) is 0 Å². The molecule has 16 heavy (non-hydrogen) atoms. The zero-order valence-corrected chi connectivity index (χ0v) is 9.55. The molecule has 0 amide bonds. The van der Waals surface area contributed by atoms with Gasteiger partial charge in [-0.25, -0.2) is 14.5 Å². The lowest BCUT2D eigenvalue weighted by atomic mass is 10.3. The molecule has 0 saturated heterocycles. The second kappa shape index (κ2) is 3.93. The van der Waals surface area contributed by atoms with Crippen LogP contribution < -0.4 is 5.73 Å². The summed E-state index contributed by atoms with van der Waals surface area (Å²) in [5.41, 5.74) is 5.99. The van der Waals surface area contributed by atoms with E-state index in [-0.39, 0.29) is 5.69 Å². The number of hydrogen-bond acceptors (Lipinski definition) is 4. The van der Waals surface area contributed by atoms with Crippen LogP contribution in [0.1, 0.15) is 10.5 Å². The van der Waals surface area contributed by atoms with Crippen LogP contribution in [0.3, 0.4) is 0 Å². The van der Waals surface area contributed by atoms with Crippen molar-refractivity contribution in [2.45, 2.75) is 0 Å². The van der Waals surface area contributed by atoms with Crippen LogP contribution in [0.4, 0.5) is 5.69 Å². The van der Waals surface area contributed by atoms with Gasteiger partial charge in [-0.1, -0.05) is 0 Å². The predicted octanol–water partition coefficient (Wildman–Crippen LogP) is 1.31. The Hall–Kier alpha value is -1.89. The number of aromatic carboxylic acids is 1. The number of rotatable bonds is 2. The van der Waals surface area contributed by atoms with Crippen LogP contribution in [-0.2, 0) is 0 Å². The van der Waals surface area contributed by atoms with Crippen LogP contribution in [0.5, 0.6) is 0 Å². The minimum absolute atomic E-state index is 0.0733. The van der Waals surface area contributed by atoms with Gasteiger partial charge in [0, 0.05) is 6.20 Å². The Morgan fingerprint density at radius 2 is 2.25 bits per heavy atom. The van der Waals surface area contributed by atoms with E-state index >= 15 is 0 Å². The molecule has 82 valence electrons. The van der Waals surface area contributed by atoms with Crippen molar-refractivity contribution in [2.75, 3.05) is 5.73 Å². The SMILES string of the molecule is Nc1ccc(C(=O)O)nc1-n1cc(Br)cn1. The predicted molar refractivity (Wildman–Crippen MR) is 60.4 cm³/mol. The zero-order valence-electron chi connectivity index (χ0n) is 7.96. The number of nitrogen functional groups attached to an aromatic ring is 1. The van der Waals surface area contributed by atoms with Gasteiger partial charge in [0.2, 0.25) is 0 Å². The first-order chi connectivity index (χ1) is 7.58. The molecule has 0 unspecified atom stereocenters. The molecule has 0 saturated carbocycles. The third-order valence-corrected chi connectivity index (χ3v) is 2.30. The molecule has 7 heteroatoms. The fourth-order valence-electron chi connectivity index (χ4n) is 1.18. The second-order valence-electron chi connectivity index (χ2n) is 3.02. The quantitative estimate of drug-likeness (QED) is 0.866. The van der Waals surface area contributed by atoms with Gasteiger partial charge in [-0.2, -0.15) is 5.10 Å². The van der Waals surface area contributed by atoms with Crippen LogP contribution in [-0.4, -0.2) is 25.8 Å². The van der Waals surface area contributed by atoms with Crippen molar-refractivity contribution in [3.05, 3.63) is 34.7 Å². The Kier molecular flexibility index (Phi) is 2.61. The Bertz CT molecular complexity index is 552. The summed E-state index contributed by atoms with van der Waals surface area (Å²) in [6, 6.07) is 2.83. The van der Waals surface area contributed by atoms with Gasteiger partial charge in [0.15, 0.2) is 11.5 Å². The first-order valence-electron chi connectivity index (χ1n) is 4.28. The highest BCUT2D eigenvalue weighted by atomic mass is 79.9. The van der Waals surface area contributed by atoms with Gasteiger partial charge in [-0.15, -0.1) is 0 Å². The molecular weight excluding hydrogens is 276 g/mol. The maximum Gasteiger partial charge on any atom is 0.354 e. The van der Waals surface area contributed by atoms with Crippen LogP contribution in [0.15, 0.2) is 29.0 Å². The van der Waals surface area contributed by atoms with E-state index in [9.17, 15) is 4.79 Å². The van der Waals surface area contributed by atoms with Gasteiger partial charge >= 0.3 is 5.97 Å². The van der Waals surface area contributed by atoms with E-state index < -0.39 is 5.97 Å². The number of aromatic nitrogens is 3. The molecule has 0 spiro atoms. The highest BCUT2D eigenvalue weighted by Crippen LogP contribution is 2.17. The van der Waals surface area contributed by atoms with E-state index in [0.717, 1.165) is 4.47 Å². The first kappa shape index (κ1) is 10.6. The van der Waals surface area contributed by atoms with Gasteiger partial charge in [-0.3, -0.25) is 0 Å². The fraction of sp³-hybridized carbons (Fsp3) is 0. The number of carboxylic acids is 1. The Balaban J connectivity index is 2.55. The summed E-state index contributed by atoms with van der Waals surface area (Å²) < 4.78 is 2.17. The molecule has 6 nitrogen and oxygen atoms in total. The number of pyridine rings is 1. The molecule has 0 aliphatic carbocycles. The minimum atomic E-state index is -1.10. The zero-order chi connectivity index (χ0) is 11.7. The maximum atomic E-state index is 10.8. The maximum absolute atomic E-state index is 10.8. The molecule has 0 atom stereocenters. The van der Waals surface area contributed by atoms with Gasteiger partial charge in [0.1, 0.15) is 0 Å². The molecule has 3 N–H and O–H groups in total. The smallest absolute Gasteiger partial charge is 0.354 e. The summed E-state index contributed by atoms with van der Waals surface area (Å²) in [6.45, 7) is 0. The molecule has 0 aliphatic rings. The summed E-state index contributed by atoms with van der Waals surface area (Å²) in [6.07, 6.45) is 3.21. The Morgan fingerprint density at radius 3 is 2.81 bits per heavy atom. The van der Waals surface area contributed by atoms with Crippen molar-refractivity contribution in [2.24, 2.45) is 0 Å². The molecule has 2 rings (SSSR count). The van der Waals surface area contributed by atoms with Gasteiger partial charge in [-0.05, 0) is 28.1 Å². The lowest BCUT2D eigenvalue weighted by molar-refractivity contribution is 0.0690. The molecule has 0 aliphatic heterocycles. The molecule has 0 fully saturated rings. The van der Waals surface area contributed by atoms with Gasteiger partial charge in [0.25, 0.3) is 0 Å². The standard InChI is InChI=1S/C9H7BrN4O2/c10-5-3-12-14(4-5)8-6(11)1-2-7(13-8)9(15)16/h1-4H,11H2,(H,15,16). The average molecular weight is 283 g/mol. The summed E-state index contributed by atoms with van der Waals surface area (Å²) in [7, 11) is 0. The molecule has 2 heterocycles. The second-order valence-corrected chi connectivity index (χ2v) is 3.93. The summed E-state index contributed by atoms with van der Waals surface area (Å²) in [5, 5.41) is 12.8. The molecule has 0 aromatic carbocycles. The highest BCUT2D eigenvalue weighted by molar-refractivity contribution is 9.10.